The average Bonchev–Trinajstić information content (AvgIpc) is 3.40. The number of fused-ring (bicyclic) bond motifs is 3. The quantitative estimate of drug-likeness (QED) is 0.644. The molecule has 5 rings (SSSR count). The fraction of sp³-hybridized carbons (Fsp3) is 0.381. The highest BCUT2D eigenvalue weighted by Crippen LogP contribution is 2.35. The topological polar surface area (TPSA) is 85.3 Å². The normalized spacial score (nSPS) is 18.8. The van der Waals surface area contributed by atoms with Gasteiger partial charge in [0, 0.05) is 42.7 Å². The van der Waals surface area contributed by atoms with Gasteiger partial charge in [-0.2, -0.15) is 0 Å². The Balaban J connectivity index is 1.37. The van der Waals surface area contributed by atoms with E-state index in [-0.39, 0.29) is 24.4 Å². The molecule has 1 saturated heterocycles. The van der Waals surface area contributed by atoms with Crippen molar-refractivity contribution in [2.24, 2.45) is 0 Å². The maximum atomic E-state index is 13.0. The molecule has 7 nitrogen and oxygen atoms in total. The van der Waals surface area contributed by atoms with Crippen molar-refractivity contribution in [1.82, 2.24) is 19.9 Å². The summed E-state index contributed by atoms with van der Waals surface area (Å²) < 4.78 is 0. The summed E-state index contributed by atoms with van der Waals surface area (Å²) in [5.74, 6) is -0.00963. The molecular formula is C21H21Cl2N5O2. The molecule has 2 aliphatic rings. The number of aromatic amines is 1. The van der Waals surface area contributed by atoms with E-state index < -0.39 is 0 Å². The summed E-state index contributed by atoms with van der Waals surface area (Å²) in [5, 5.41) is 11.5. The number of halogens is 2. The van der Waals surface area contributed by atoms with Crippen LogP contribution in [0.2, 0.25) is 10.0 Å². The number of aliphatic hydroxyl groups excluding tert-OH is 1. The van der Waals surface area contributed by atoms with Crippen molar-refractivity contribution in [3.63, 3.8) is 0 Å². The third kappa shape index (κ3) is 3.21. The van der Waals surface area contributed by atoms with Crippen LogP contribution in [0, 0.1) is 0 Å². The van der Waals surface area contributed by atoms with Gasteiger partial charge in [-0.15, -0.1) is 0 Å². The molecule has 0 bridgehead atoms. The molecule has 0 unspecified atom stereocenters. The van der Waals surface area contributed by atoms with E-state index in [0.29, 0.717) is 29.6 Å². The number of benzene rings is 1. The number of nitrogens with one attached hydrogen (secondary N) is 1. The van der Waals surface area contributed by atoms with E-state index in [1.54, 1.807) is 23.4 Å². The van der Waals surface area contributed by atoms with Gasteiger partial charge >= 0.3 is 0 Å². The highest BCUT2D eigenvalue weighted by molar-refractivity contribution is 6.45. The van der Waals surface area contributed by atoms with Crippen LogP contribution in [0.5, 0.6) is 0 Å². The molecule has 0 spiro atoms. The van der Waals surface area contributed by atoms with Gasteiger partial charge in [0.1, 0.15) is 0 Å². The van der Waals surface area contributed by atoms with Gasteiger partial charge in [-0.05, 0) is 18.9 Å². The molecule has 1 amide bonds. The van der Waals surface area contributed by atoms with Gasteiger partial charge in [0.15, 0.2) is 0 Å². The van der Waals surface area contributed by atoms with Crippen LogP contribution in [0.4, 0.5) is 5.69 Å². The van der Waals surface area contributed by atoms with Gasteiger partial charge in [0.05, 0.1) is 46.3 Å². The third-order valence-corrected chi connectivity index (χ3v) is 6.88. The van der Waals surface area contributed by atoms with Crippen LogP contribution < -0.4 is 4.90 Å². The van der Waals surface area contributed by atoms with Crippen molar-refractivity contribution in [2.75, 3.05) is 24.6 Å². The minimum Gasteiger partial charge on any atom is -0.394 e. The molecule has 1 fully saturated rings. The van der Waals surface area contributed by atoms with Gasteiger partial charge in [-0.3, -0.25) is 4.79 Å². The fourth-order valence-corrected chi connectivity index (χ4v) is 4.85. The molecule has 9 heteroatoms. The first kappa shape index (κ1) is 19.6. The van der Waals surface area contributed by atoms with Crippen LogP contribution in [0.1, 0.15) is 34.7 Å². The Morgan fingerprint density at radius 1 is 1.23 bits per heavy atom. The smallest absolute Gasteiger partial charge is 0.291 e. The number of hydrogen-bond acceptors (Lipinski definition) is 5. The predicted molar refractivity (Wildman–Crippen MR) is 116 cm³/mol. The van der Waals surface area contributed by atoms with Crippen molar-refractivity contribution in [1.29, 1.82) is 0 Å². The first-order valence-electron chi connectivity index (χ1n) is 10.0. The summed E-state index contributed by atoms with van der Waals surface area (Å²) in [5.41, 5.74) is 3.79. The number of amides is 1. The number of carbonyl (C=O) groups excluding carboxylic acids is 1. The lowest BCUT2D eigenvalue weighted by Crippen LogP contribution is -2.37. The van der Waals surface area contributed by atoms with E-state index in [2.05, 4.69) is 19.9 Å². The largest absolute Gasteiger partial charge is 0.394 e. The Labute approximate surface area is 183 Å². The molecule has 3 aromatic rings. The summed E-state index contributed by atoms with van der Waals surface area (Å²) in [4.78, 5) is 28.9. The van der Waals surface area contributed by atoms with Crippen molar-refractivity contribution in [2.45, 2.75) is 31.8 Å². The molecule has 2 aromatic heterocycles. The second-order valence-electron chi connectivity index (χ2n) is 7.78. The number of aliphatic hydroxyl groups is 1. The molecule has 30 heavy (non-hydrogen) atoms. The molecule has 1 atom stereocenters. The van der Waals surface area contributed by atoms with Gasteiger partial charge in [0.2, 0.25) is 5.82 Å². The number of nitrogens with zero attached hydrogens (tertiary/aromatic N) is 4. The van der Waals surface area contributed by atoms with Gasteiger partial charge in [-0.1, -0.05) is 29.3 Å². The van der Waals surface area contributed by atoms with E-state index in [4.69, 9.17) is 23.2 Å². The molecule has 2 aliphatic heterocycles. The number of hydrogen-bond donors (Lipinski definition) is 2. The highest BCUT2D eigenvalue weighted by atomic mass is 35.5. The van der Waals surface area contributed by atoms with E-state index >= 15 is 0 Å². The lowest BCUT2D eigenvalue weighted by atomic mass is 10.0. The Morgan fingerprint density at radius 3 is 2.80 bits per heavy atom. The van der Waals surface area contributed by atoms with Crippen LogP contribution >= 0.6 is 23.2 Å². The fourth-order valence-electron chi connectivity index (χ4n) is 4.48. The zero-order valence-corrected chi connectivity index (χ0v) is 17.7. The second kappa shape index (κ2) is 7.72. The molecule has 1 aromatic carbocycles. The molecule has 2 N–H and O–H groups in total. The Bertz CT molecular complexity index is 1110. The third-order valence-electron chi connectivity index (χ3n) is 6.08. The van der Waals surface area contributed by atoms with Crippen molar-refractivity contribution >= 4 is 45.7 Å². The maximum absolute atomic E-state index is 13.0. The van der Waals surface area contributed by atoms with Crippen LogP contribution in [-0.2, 0) is 13.0 Å². The molecule has 4 heterocycles. The zero-order chi connectivity index (χ0) is 20.8. The van der Waals surface area contributed by atoms with E-state index in [1.807, 2.05) is 6.07 Å². The number of aromatic nitrogens is 3. The van der Waals surface area contributed by atoms with E-state index in [9.17, 15) is 9.90 Å². The minimum absolute atomic E-state index is 0.0952. The summed E-state index contributed by atoms with van der Waals surface area (Å²) in [7, 11) is 0. The monoisotopic (exact) mass is 445 g/mol. The Morgan fingerprint density at radius 2 is 2.03 bits per heavy atom. The summed E-state index contributed by atoms with van der Waals surface area (Å²) >= 11 is 12.5. The Hall–Kier alpha value is -2.35. The zero-order valence-electron chi connectivity index (χ0n) is 16.2. The van der Waals surface area contributed by atoms with E-state index in [0.717, 1.165) is 47.2 Å². The summed E-state index contributed by atoms with van der Waals surface area (Å²) in [6.45, 7) is 2.02. The number of carbonyl (C=O) groups is 1. The van der Waals surface area contributed by atoms with Crippen LogP contribution in [0.15, 0.2) is 24.5 Å². The van der Waals surface area contributed by atoms with Crippen molar-refractivity contribution in [3.05, 3.63) is 51.7 Å². The molecule has 0 saturated carbocycles. The SMILES string of the molecule is O=C(c1ncc(N2CCC[C@@H]2CO)cn1)N1CCc2[nH]c3c(Cl)c(Cl)ccc3c2C1. The van der Waals surface area contributed by atoms with Crippen molar-refractivity contribution in [3.8, 4) is 0 Å². The minimum atomic E-state index is -0.193. The van der Waals surface area contributed by atoms with Crippen LogP contribution in [-0.4, -0.2) is 56.6 Å². The second-order valence-corrected chi connectivity index (χ2v) is 8.56. The molecule has 0 aliphatic carbocycles. The standard InChI is InChI=1S/C21H21Cl2N5O2/c22-16-4-3-14-15-10-27(7-5-17(15)26-19(14)18(16)23)21(30)20-24-8-13(9-25-20)28-6-1-2-12(28)11-29/h3-4,8-9,12,26,29H,1-2,5-7,10-11H2/t12-/m1/s1. The van der Waals surface area contributed by atoms with Crippen molar-refractivity contribution < 1.29 is 9.90 Å². The van der Waals surface area contributed by atoms with Crippen LogP contribution in [0.3, 0.4) is 0 Å². The lowest BCUT2D eigenvalue weighted by molar-refractivity contribution is 0.0722. The number of H-pyrrole nitrogens is 1. The lowest BCUT2D eigenvalue weighted by Gasteiger charge is -2.27. The first-order valence-corrected chi connectivity index (χ1v) is 10.8. The number of anilines is 1. The summed E-state index contributed by atoms with van der Waals surface area (Å²) in [6, 6.07) is 3.81. The van der Waals surface area contributed by atoms with Gasteiger partial charge < -0.3 is 19.9 Å². The first-order chi connectivity index (χ1) is 14.6. The van der Waals surface area contributed by atoms with Gasteiger partial charge in [0.25, 0.3) is 5.91 Å². The van der Waals surface area contributed by atoms with Crippen LogP contribution in [0.25, 0.3) is 10.9 Å². The molecule has 0 radical (unpaired) electrons. The highest BCUT2D eigenvalue weighted by Gasteiger charge is 2.28. The molecular weight excluding hydrogens is 425 g/mol. The predicted octanol–water partition coefficient (Wildman–Crippen LogP) is 3.42. The maximum Gasteiger partial charge on any atom is 0.291 e. The molecule has 156 valence electrons. The summed E-state index contributed by atoms with van der Waals surface area (Å²) in [6.07, 6.45) is 6.04. The Kier molecular flexibility index (Phi) is 5.05. The number of rotatable bonds is 3. The van der Waals surface area contributed by atoms with E-state index in [1.165, 1.54) is 0 Å². The van der Waals surface area contributed by atoms with Gasteiger partial charge in [-0.25, -0.2) is 9.97 Å². The average molecular weight is 446 g/mol.